The van der Waals surface area contributed by atoms with Crippen LogP contribution in [0.3, 0.4) is 0 Å². The molecule has 66 valence electrons. The van der Waals surface area contributed by atoms with Crippen molar-refractivity contribution in [3.63, 3.8) is 0 Å². The van der Waals surface area contributed by atoms with Gasteiger partial charge in [-0.15, -0.1) is 0 Å². The second kappa shape index (κ2) is 3.48. The first kappa shape index (κ1) is 8.11. The molecule has 0 aliphatic carbocycles. The second-order valence-corrected chi connectivity index (χ2v) is 3.20. The zero-order valence-corrected chi connectivity index (χ0v) is 7.75. The van der Waals surface area contributed by atoms with Gasteiger partial charge in [0.25, 0.3) is 0 Å². The number of dihydropyridines is 1. The van der Waals surface area contributed by atoms with Gasteiger partial charge in [0.1, 0.15) is 0 Å². The van der Waals surface area contributed by atoms with Gasteiger partial charge in [0.15, 0.2) is 0 Å². The number of hydrogen-bond acceptors (Lipinski definition) is 1. The molecule has 1 heterocycles. The molecule has 1 aromatic carbocycles. The van der Waals surface area contributed by atoms with Gasteiger partial charge in [-0.3, -0.25) is 0 Å². The number of rotatable bonds is 1. The number of benzene rings is 1. The Labute approximate surface area is 78.8 Å². The minimum atomic E-state index is 0.931. The van der Waals surface area contributed by atoms with E-state index in [-0.39, 0.29) is 0 Å². The Morgan fingerprint density at radius 3 is 2.77 bits per heavy atom. The normalized spacial score (nSPS) is 15.0. The van der Waals surface area contributed by atoms with Crippen molar-refractivity contribution in [2.24, 2.45) is 0 Å². The van der Waals surface area contributed by atoms with Crippen LogP contribution < -0.4 is 5.32 Å². The average molecular weight is 171 g/mol. The van der Waals surface area contributed by atoms with Gasteiger partial charge in [-0.05, 0) is 18.6 Å². The van der Waals surface area contributed by atoms with E-state index in [2.05, 4.69) is 54.7 Å². The van der Waals surface area contributed by atoms with Crippen molar-refractivity contribution in [1.29, 1.82) is 0 Å². The van der Waals surface area contributed by atoms with Crippen molar-refractivity contribution in [2.45, 2.75) is 6.92 Å². The van der Waals surface area contributed by atoms with Crippen molar-refractivity contribution in [3.05, 3.63) is 53.6 Å². The number of nitrogens with one attached hydrogen (secondary N) is 1. The third-order valence-electron chi connectivity index (χ3n) is 2.24. The standard InChI is InChI=1S/C12H13N/c1-10-6-2-3-7-11(10)12-8-4-5-9-13-12/h2-8,13H,9H2,1H3. The zero-order chi connectivity index (χ0) is 9.10. The third kappa shape index (κ3) is 1.64. The van der Waals surface area contributed by atoms with Gasteiger partial charge in [0, 0.05) is 17.8 Å². The highest BCUT2D eigenvalue weighted by Gasteiger charge is 2.03. The molecule has 0 amide bonds. The monoisotopic (exact) mass is 171 g/mol. The quantitative estimate of drug-likeness (QED) is 0.684. The summed E-state index contributed by atoms with van der Waals surface area (Å²) in [4.78, 5) is 0. The van der Waals surface area contributed by atoms with Crippen molar-refractivity contribution >= 4 is 5.70 Å². The van der Waals surface area contributed by atoms with Crippen LogP contribution in [0.2, 0.25) is 0 Å². The summed E-state index contributed by atoms with van der Waals surface area (Å²) >= 11 is 0. The summed E-state index contributed by atoms with van der Waals surface area (Å²) in [7, 11) is 0. The molecule has 1 nitrogen and oxygen atoms in total. The van der Waals surface area contributed by atoms with Gasteiger partial charge in [-0.1, -0.05) is 36.4 Å². The predicted octanol–water partition coefficient (Wildman–Crippen LogP) is 2.50. The van der Waals surface area contributed by atoms with E-state index in [1.54, 1.807) is 0 Å². The number of allylic oxidation sites excluding steroid dienone is 2. The highest BCUT2D eigenvalue weighted by Crippen LogP contribution is 2.17. The van der Waals surface area contributed by atoms with Crippen LogP contribution in [0.4, 0.5) is 0 Å². The Morgan fingerprint density at radius 1 is 1.23 bits per heavy atom. The molecule has 0 spiro atoms. The Balaban J connectivity index is 2.40. The van der Waals surface area contributed by atoms with Crippen molar-refractivity contribution in [2.75, 3.05) is 6.54 Å². The molecule has 0 atom stereocenters. The maximum absolute atomic E-state index is 3.35. The maximum atomic E-state index is 3.35. The topological polar surface area (TPSA) is 12.0 Å². The van der Waals surface area contributed by atoms with Crippen LogP contribution in [0, 0.1) is 6.92 Å². The third-order valence-corrected chi connectivity index (χ3v) is 2.24. The number of aryl methyl sites for hydroxylation is 1. The van der Waals surface area contributed by atoms with Crippen LogP contribution in [0.25, 0.3) is 5.70 Å². The molecule has 2 rings (SSSR count). The highest BCUT2D eigenvalue weighted by atomic mass is 14.9. The Hall–Kier alpha value is -1.50. The Morgan fingerprint density at radius 2 is 2.08 bits per heavy atom. The molecular weight excluding hydrogens is 158 g/mol. The molecule has 0 fully saturated rings. The largest absolute Gasteiger partial charge is 0.381 e. The summed E-state index contributed by atoms with van der Waals surface area (Å²) in [6.07, 6.45) is 6.33. The first-order valence-corrected chi connectivity index (χ1v) is 4.54. The molecular formula is C12H13N. The van der Waals surface area contributed by atoms with Gasteiger partial charge in [-0.25, -0.2) is 0 Å². The Kier molecular flexibility index (Phi) is 2.17. The fraction of sp³-hybridized carbons (Fsp3) is 0.167. The smallest absolute Gasteiger partial charge is 0.0418 e. The average Bonchev–Trinajstić information content (AvgIpc) is 2.20. The molecule has 0 saturated carbocycles. The van der Waals surface area contributed by atoms with Crippen LogP contribution in [0.15, 0.2) is 42.5 Å². The van der Waals surface area contributed by atoms with Crippen LogP contribution in [0.1, 0.15) is 11.1 Å². The molecule has 0 saturated heterocycles. The second-order valence-electron chi connectivity index (χ2n) is 3.20. The van der Waals surface area contributed by atoms with Gasteiger partial charge < -0.3 is 5.32 Å². The minimum absolute atomic E-state index is 0.931. The van der Waals surface area contributed by atoms with Crippen molar-refractivity contribution < 1.29 is 0 Å². The number of hydrogen-bond donors (Lipinski definition) is 1. The molecule has 0 bridgehead atoms. The highest BCUT2D eigenvalue weighted by molar-refractivity contribution is 5.68. The van der Waals surface area contributed by atoms with Crippen LogP contribution in [-0.4, -0.2) is 6.54 Å². The van der Waals surface area contributed by atoms with Gasteiger partial charge >= 0.3 is 0 Å². The fourth-order valence-electron chi connectivity index (χ4n) is 1.52. The van der Waals surface area contributed by atoms with E-state index in [1.807, 2.05) is 0 Å². The van der Waals surface area contributed by atoms with Crippen molar-refractivity contribution in [3.8, 4) is 0 Å². The molecule has 1 aliphatic heterocycles. The lowest BCUT2D eigenvalue weighted by atomic mass is 10.0. The molecule has 1 heteroatoms. The summed E-state index contributed by atoms with van der Waals surface area (Å²) in [5.41, 5.74) is 3.84. The lowest BCUT2D eigenvalue weighted by molar-refractivity contribution is 0.992. The van der Waals surface area contributed by atoms with Gasteiger partial charge in [0.2, 0.25) is 0 Å². The summed E-state index contributed by atoms with van der Waals surface area (Å²) < 4.78 is 0. The van der Waals surface area contributed by atoms with Crippen LogP contribution in [-0.2, 0) is 0 Å². The first-order chi connectivity index (χ1) is 6.38. The van der Waals surface area contributed by atoms with E-state index in [0.717, 1.165) is 6.54 Å². The molecule has 1 N–H and O–H groups in total. The van der Waals surface area contributed by atoms with Gasteiger partial charge in [0.05, 0.1) is 0 Å². The lowest BCUT2D eigenvalue weighted by Crippen LogP contribution is -2.14. The Bertz CT molecular complexity index is 361. The predicted molar refractivity (Wildman–Crippen MR) is 56.3 cm³/mol. The molecule has 0 aromatic heterocycles. The first-order valence-electron chi connectivity index (χ1n) is 4.54. The van der Waals surface area contributed by atoms with E-state index >= 15 is 0 Å². The summed E-state index contributed by atoms with van der Waals surface area (Å²) in [6.45, 7) is 3.07. The summed E-state index contributed by atoms with van der Waals surface area (Å²) in [6, 6.07) is 8.42. The minimum Gasteiger partial charge on any atom is -0.381 e. The van der Waals surface area contributed by atoms with Crippen molar-refractivity contribution in [1.82, 2.24) is 5.32 Å². The van der Waals surface area contributed by atoms with E-state index < -0.39 is 0 Å². The SMILES string of the molecule is Cc1ccccc1C1=CC=CCN1. The molecule has 1 aromatic rings. The molecule has 0 radical (unpaired) electrons. The van der Waals surface area contributed by atoms with Crippen LogP contribution >= 0.6 is 0 Å². The van der Waals surface area contributed by atoms with E-state index in [0.29, 0.717) is 0 Å². The van der Waals surface area contributed by atoms with E-state index in [9.17, 15) is 0 Å². The molecule has 13 heavy (non-hydrogen) atoms. The van der Waals surface area contributed by atoms with Gasteiger partial charge in [-0.2, -0.15) is 0 Å². The maximum Gasteiger partial charge on any atom is 0.0418 e. The zero-order valence-electron chi connectivity index (χ0n) is 7.75. The summed E-state index contributed by atoms with van der Waals surface area (Å²) in [5.74, 6) is 0. The molecule has 1 aliphatic rings. The van der Waals surface area contributed by atoms with E-state index in [4.69, 9.17) is 0 Å². The van der Waals surface area contributed by atoms with E-state index in [1.165, 1.54) is 16.8 Å². The lowest BCUT2D eigenvalue weighted by Gasteiger charge is -2.13. The fourth-order valence-corrected chi connectivity index (χ4v) is 1.52. The van der Waals surface area contributed by atoms with Crippen LogP contribution in [0.5, 0.6) is 0 Å². The molecule has 0 unspecified atom stereocenters. The summed E-state index contributed by atoms with van der Waals surface area (Å²) in [5, 5.41) is 3.35.